The molecule has 0 heterocycles. The zero-order chi connectivity index (χ0) is 13.6. The largest absolute Gasteiger partial charge is 0.441 e. The lowest BCUT2D eigenvalue weighted by atomic mass is 10.3. The lowest BCUT2D eigenvalue weighted by Crippen LogP contribution is -2.41. The van der Waals surface area contributed by atoms with Crippen LogP contribution in [-0.4, -0.2) is 35.0 Å². The highest BCUT2D eigenvalue weighted by molar-refractivity contribution is 6.30. The number of hydrogen-bond acceptors (Lipinski definition) is 6. The van der Waals surface area contributed by atoms with E-state index in [9.17, 15) is 19.2 Å². The lowest BCUT2D eigenvalue weighted by molar-refractivity contribution is -0.178. The van der Waals surface area contributed by atoms with E-state index in [1.165, 1.54) is 0 Å². The Labute approximate surface area is 102 Å². The molecule has 0 aromatic rings. The second kappa shape index (κ2) is 3.69. The van der Waals surface area contributed by atoms with Gasteiger partial charge in [0.2, 0.25) is 0 Å². The Hall–Kier alpha value is -2.12. The molecule has 2 aliphatic rings. The van der Waals surface area contributed by atoms with Crippen LogP contribution in [0.15, 0.2) is 0 Å². The number of nitrogens with two attached hydrogens (primary N) is 2. The molecule has 8 nitrogen and oxygen atoms in total. The van der Waals surface area contributed by atoms with Crippen molar-refractivity contribution in [3.63, 3.8) is 0 Å². The smallest absolute Gasteiger partial charge is 0.418 e. The van der Waals surface area contributed by atoms with Crippen LogP contribution in [0, 0.1) is 0 Å². The Morgan fingerprint density at radius 2 is 1.00 bits per heavy atom. The fraction of sp³-hybridized carbons (Fsp3) is 0.600. The fourth-order valence-corrected chi connectivity index (χ4v) is 1.46. The zero-order valence-electron chi connectivity index (χ0n) is 9.43. The van der Waals surface area contributed by atoms with Gasteiger partial charge in [0.1, 0.15) is 0 Å². The molecule has 0 saturated heterocycles. The summed E-state index contributed by atoms with van der Waals surface area (Å²) in [5.74, 6) is -4.28. The minimum absolute atomic E-state index is 0.280. The summed E-state index contributed by atoms with van der Waals surface area (Å²) in [5, 5.41) is 0. The van der Waals surface area contributed by atoms with E-state index in [0.717, 1.165) is 0 Å². The predicted octanol–water partition coefficient (Wildman–Crippen LogP) is -1.89. The predicted molar refractivity (Wildman–Crippen MR) is 54.5 cm³/mol. The summed E-state index contributed by atoms with van der Waals surface area (Å²) in [6, 6.07) is 0. The van der Waals surface area contributed by atoms with E-state index in [4.69, 9.17) is 11.5 Å². The van der Waals surface area contributed by atoms with E-state index in [1.807, 2.05) is 0 Å². The Bertz CT molecular complexity index is 407. The number of carbonyl (C=O) groups is 4. The molecule has 0 aliphatic heterocycles. The number of ether oxygens (including phenoxy) is 2. The highest BCUT2D eigenvalue weighted by atomic mass is 16.6. The topological polar surface area (TPSA) is 139 Å². The molecular weight excluding hydrogens is 244 g/mol. The first kappa shape index (κ1) is 12.3. The van der Waals surface area contributed by atoms with Gasteiger partial charge in [-0.05, 0) is 0 Å². The monoisotopic (exact) mass is 256 g/mol. The van der Waals surface area contributed by atoms with Crippen molar-refractivity contribution >= 4 is 23.8 Å². The van der Waals surface area contributed by atoms with Crippen molar-refractivity contribution in [1.82, 2.24) is 0 Å². The number of primary amides is 2. The number of rotatable bonds is 4. The Morgan fingerprint density at radius 1 is 0.722 bits per heavy atom. The molecule has 2 saturated carbocycles. The van der Waals surface area contributed by atoms with Crippen molar-refractivity contribution in [3.8, 4) is 0 Å². The molecule has 0 aromatic carbocycles. The average molecular weight is 256 g/mol. The van der Waals surface area contributed by atoms with Crippen LogP contribution in [0.2, 0.25) is 0 Å². The van der Waals surface area contributed by atoms with Crippen molar-refractivity contribution in [1.29, 1.82) is 0 Å². The summed E-state index contributed by atoms with van der Waals surface area (Å²) in [4.78, 5) is 44.7. The van der Waals surface area contributed by atoms with Gasteiger partial charge in [-0.2, -0.15) is 0 Å². The van der Waals surface area contributed by atoms with Crippen LogP contribution >= 0.6 is 0 Å². The maximum atomic E-state index is 11.4. The van der Waals surface area contributed by atoms with Crippen molar-refractivity contribution in [2.24, 2.45) is 11.5 Å². The molecular formula is C10H12N2O6. The van der Waals surface area contributed by atoms with Gasteiger partial charge in [-0.25, -0.2) is 9.59 Å². The van der Waals surface area contributed by atoms with Gasteiger partial charge in [0.15, 0.2) is 11.2 Å². The second-order valence-corrected chi connectivity index (χ2v) is 4.50. The fourth-order valence-electron chi connectivity index (χ4n) is 1.46. The van der Waals surface area contributed by atoms with E-state index in [0.29, 0.717) is 0 Å². The molecule has 0 aromatic heterocycles. The van der Waals surface area contributed by atoms with Crippen LogP contribution in [0.3, 0.4) is 0 Å². The molecule has 2 fully saturated rings. The quantitative estimate of drug-likeness (QED) is 0.445. The van der Waals surface area contributed by atoms with Gasteiger partial charge >= 0.3 is 11.9 Å². The normalized spacial score (nSPS) is 21.6. The molecule has 2 aliphatic carbocycles. The Kier molecular flexibility index (Phi) is 2.53. The van der Waals surface area contributed by atoms with E-state index >= 15 is 0 Å². The number of esters is 2. The van der Waals surface area contributed by atoms with E-state index in [2.05, 4.69) is 9.47 Å². The van der Waals surface area contributed by atoms with Crippen LogP contribution in [-0.2, 0) is 28.7 Å². The van der Waals surface area contributed by atoms with Gasteiger partial charge in [0.05, 0.1) is 0 Å². The summed E-state index contributed by atoms with van der Waals surface area (Å²) >= 11 is 0. The molecule has 0 unspecified atom stereocenters. The van der Waals surface area contributed by atoms with Gasteiger partial charge in [-0.1, -0.05) is 0 Å². The van der Waals surface area contributed by atoms with Gasteiger partial charge in [-0.15, -0.1) is 0 Å². The Morgan fingerprint density at radius 3 is 1.17 bits per heavy atom. The number of amides is 2. The van der Waals surface area contributed by atoms with Gasteiger partial charge < -0.3 is 20.9 Å². The molecule has 18 heavy (non-hydrogen) atoms. The van der Waals surface area contributed by atoms with Gasteiger partial charge in [0, 0.05) is 25.7 Å². The third-order valence-corrected chi connectivity index (χ3v) is 3.05. The number of hydrogen-bond donors (Lipinski definition) is 2. The maximum Gasteiger partial charge on any atom is 0.418 e. The molecule has 2 amide bonds. The standard InChI is InChI=1S/C10H12N2O6/c11-7(15)9(1-2-9)17-5(13)6(14)18-10(3-4-10)8(12)16/h1-4H2,(H2,11,15)(H2,12,16). The van der Waals surface area contributed by atoms with Crippen LogP contribution in [0.1, 0.15) is 25.7 Å². The van der Waals surface area contributed by atoms with Crippen molar-refractivity contribution in [2.45, 2.75) is 36.9 Å². The van der Waals surface area contributed by atoms with Crippen molar-refractivity contribution in [2.75, 3.05) is 0 Å². The molecule has 8 heteroatoms. The van der Waals surface area contributed by atoms with Crippen molar-refractivity contribution in [3.05, 3.63) is 0 Å². The third kappa shape index (κ3) is 2.01. The average Bonchev–Trinajstić information content (AvgIpc) is 3.13. The summed E-state index contributed by atoms with van der Waals surface area (Å²) in [6.07, 6.45) is 1.12. The third-order valence-electron chi connectivity index (χ3n) is 3.05. The molecule has 4 N–H and O–H groups in total. The molecule has 0 spiro atoms. The molecule has 98 valence electrons. The second-order valence-electron chi connectivity index (χ2n) is 4.50. The summed E-state index contributed by atoms with van der Waals surface area (Å²) in [6.45, 7) is 0. The molecule has 0 atom stereocenters. The minimum Gasteiger partial charge on any atom is -0.441 e. The van der Waals surface area contributed by atoms with Crippen LogP contribution in [0.25, 0.3) is 0 Å². The van der Waals surface area contributed by atoms with E-state index in [1.54, 1.807) is 0 Å². The van der Waals surface area contributed by atoms with Crippen LogP contribution < -0.4 is 11.5 Å². The Balaban J connectivity index is 1.92. The van der Waals surface area contributed by atoms with Gasteiger partial charge in [-0.3, -0.25) is 9.59 Å². The summed E-state index contributed by atoms with van der Waals surface area (Å²) < 4.78 is 9.37. The first-order valence-corrected chi connectivity index (χ1v) is 5.37. The van der Waals surface area contributed by atoms with Crippen molar-refractivity contribution < 1.29 is 28.7 Å². The SMILES string of the molecule is NC(=O)C1(OC(=O)C(=O)OC2(C(N)=O)CC2)CC1. The first-order chi connectivity index (χ1) is 8.31. The highest BCUT2D eigenvalue weighted by Gasteiger charge is 2.56. The van der Waals surface area contributed by atoms with E-state index < -0.39 is 35.0 Å². The number of carbonyl (C=O) groups excluding carboxylic acids is 4. The molecule has 2 rings (SSSR count). The van der Waals surface area contributed by atoms with Gasteiger partial charge in [0.25, 0.3) is 11.8 Å². The van der Waals surface area contributed by atoms with E-state index in [-0.39, 0.29) is 25.7 Å². The molecule has 0 bridgehead atoms. The maximum absolute atomic E-state index is 11.4. The van der Waals surface area contributed by atoms with Crippen LogP contribution in [0.4, 0.5) is 0 Å². The summed E-state index contributed by atoms with van der Waals surface area (Å²) in [7, 11) is 0. The van der Waals surface area contributed by atoms with Crippen LogP contribution in [0.5, 0.6) is 0 Å². The lowest BCUT2D eigenvalue weighted by Gasteiger charge is -2.14. The zero-order valence-corrected chi connectivity index (χ0v) is 9.43. The minimum atomic E-state index is -1.39. The molecule has 0 radical (unpaired) electrons. The highest BCUT2D eigenvalue weighted by Crippen LogP contribution is 2.41. The first-order valence-electron chi connectivity index (χ1n) is 5.37. The summed E-state index contributed by atoms with van der Waals surface area (Å²) in [5.41, 5.74) is 7.27.